The van der Waals surface area contributed by atoms with Gasteiger partial charge in [-0.1, -0.05) is 17.7 Å². The largest absolute Gasteiger partial charge is 0.378 e. The number of nitrogens with one attached hydrogen (secondary N) is 2. The van der Waals surface area contributed by atoms with Crippen molar-refractivity contribution < 1.29 is 9.53 Å². The Balaban J connectivity index is 1.66. The van der Waals surface area contributed by atoms with Gasteiger partial charge in [0.25, 0.3) is 5.56 Å². The van der Waals surface area contributed by atoms with E-state index in [2.05, 4.69) is 15.3 Å². The van der Waals surface area contributed by atoms with Gasteiger partial charge in [0.2, 0.25) is 11.9 Å². The molecular weight excluding hydrogens is 368 g/mol. The van der Waals surface area contributed by atoms with Gasteiger partial charge in [0, 0.05) is 41.5 Å². The zero-order valence-electron chi connectivity index (χ0n) is 15.5. The molecule has 2 heterocycles. The number of rotatable bonds is 5. The fraction of sp³-hybridized carbons (Fsp3) is 0.421. The van der Waals surface area contributed by atoms with Crippen LogP contribution in [0.1, 0.15) is 23.2 Å². The summed E-state index contributed by atoms with van der Waals surface area (Å²) < 4.78 is 5.32. The summed E-state index contributed by atoms with van der Waals surface area (Å²) in [5.41, 5.74) is 2.59. The smallest absolute Gasteiger partial charge is 0.255 e. The van der Waals surface area contributed by atoms with Gasteiger partial charge < -0.3 is 15.0 Å². The summed E-state index contributed by atoms with van der Waals surface area (Å²) in [6.45, 7) is 6.33. The Morgan fingerprint density at radius 3 is 2.78 bits per heavy atom. The molecule has 3 rings (SSSR count). The third-order valence-electron chi connectivity index (χ3n) is 4.60. The average molecular weight is 391 g/mol. The number of ether oxygens (including phenoxy) is 1. The Kier molecular flexibility index (Phi) is 6.13. The zero-order chi connectivity index (χ0) is 19.4. The highest BCUT2D eigenvalue weighted by atomic mass is 35.5. The van der Waals surface area contributed by atoms with E-state index < -0.39 is 0 Å². The third kappa shape index (κ3) is 4.87. The third-order valence-corrected chi connectivity index (χ3v) is 4.83. The summed E-state index contributed by atoms with van der Waals surface area (Å²) in [5.74, 6) is 0.389. The number of benzene rings is 1. The predicted molar refractivity (Wildman–Crippen MR) is 106 cm³/mol. The van der Waals surface area contributed by atoms with Crippen LogP contribution >= 0.6 is 11.6 Å². The van der Waals surface area contributed by atoms with E-state index in [0.29, 0.717) is 60.6 Å². The lowest BCUT2D eigenvalue weighted by Crippen LogP contribution is -2.38. The number of hydrogen-bond donors (Lipinski definition) is 2. The van der Waals surface area contributed by atoms with E-state index in [-0.39, 0.29) is 17.9 Å². The first-order valence-corrected chi connectivity index (χ1v) is 9.30. The van der Waals surface area contributed by atoms with Crippen LogP contribution < -0.4 is 15.8 Å². The maximum Gasteiger partial charge on any atom is 0.255 e. The summed E-state index contributed by atoms with van der Waals surface area (Å²) >= 11 is 5.98. The molecule has 0 spiro atoms. The lowest BCUT2D eigenvalue weighted by atomic mass is 10.1. The number of carbonyl (C=O) groups is 1. The predicted octanol–water partition coefficient (Wildman–Crippen LogP) is 2.45. The van der Waals surface area contributed by atoms with Crippen LogP contribution in [0, 0.1) is 13.8 Å². The van der Waals surface area contributed by atoms with E-state index in [1.165, 1.54) is 0 Å². The second-order valence-electron chi connectivity index (χ2n) is 6.56. The molecule has 0 aliphatic carbocycles. The van der Waals surface area contributed by atoms with Crippen molar-refractivity contribution in [2.75, 3.05) is 36.5 Å². The van der Waals surface area contributed by atoms with Crippen LogP contribution in [0.3, 0.4) is 0 Å². The Hall–Kier alpha value is -2.38. The Morgan fingerprint density at radius 1 is 1.33 bits per heavy atom. The van der Waals surface area contributed by atoms with Crippen LogP contribution in [0.15, 0.2) is 23.0 Å². The van der Waals surface area contributed by atoms with E-state index in [1.54, 1.807) is 19.1 Å². The SMILES string of the molecule is Cc1ccc(Cl)cc1NC(=O)CCc1c(C)nc(N2CCOCC2)[nH]c1=O. The van der Waals surface area contributed by atoms with Gasteiger partial charge in [-0.15, -0.1) is 0 Å². The average Bonchev–Trinajstić information content (AvgIpc) is 2.64. The van der Waals surface area contributed by atoms with Crippen LogP contribution in [-0.2, 0) is 16.0 Å². The minimum Gasteiger partial charge on any atom is -0.378 e. The van der Waals surface area contributed by atoms with E-state index in [1.807, 2.05) is 17.9 Å². The molecule has 1 aliphatic rings. The van der Waals surface area contributed by atoms with Crippen molar-refractivity contribution in [1.29, 1.82) is 0 Å². The summed E-state index contributed by atoms with van der Waals surface area (Å²) in [4.78, 5) is 34.1. The van der Waals surface area contributed by atoms with Gasteiger partial charge in [-0.2, -0.15) is 0 Å². The van der Waals surface area contributed by atoms with Gasteiger partial charge in [0.1, 0.15) is 0 Å². The second-order valence-corrected chi connectivity index (χ2v) is 7.00. The number of aromatic nitrogens is 2. The number of H-pyrrole nitrogens is 1. The lowest BCUT2D eigenvalue weighted by Gasteiger charge is -2.27. The van der Waals surface area contributed by atoms with Gasteiger partial charge in [-0.05, 0) is 38.0 Å². The maximum atomic E-state index is 12.5. The standard InChI is InChI=1S/C19H23ClN4O3/c1-12-3-4-14(20)11-16(12)22-17(25)6-5-15-13(2)21-19(23-18(15)26)24-7-9-27-10-8-24/h3-4,11H,5-10H2,1-2H3,(H,22,25)(H,21,23,26). The first-order chi connectivity index (χ1) is 12.9. The molecule has 1 amide bonds. The number of morpholine rings is 1. The van der Waals surface area contributed by atoms with Crippen LogP contribution in [0.5, 0.6) is 0 Å². The van der Waals surface area contributed by atoms with E-state index in [0.717, 1.165) is 5.56 Å². The fourth-order valence-electron chi connectivity index (χ4n) is 3.00. The number of aromatic amines is 1. The van der Waals surface area contributed by atoms with Crippen LogP contribution in [0.2, 0.25) is 5.02 Å². The molecule has 0 unspecified atom stereocenters. The molecule has 1 fully saturated rings. The molecule has 144 valence electrons. The van der Waals surface area contributed by atoms with E-state index >= 15 is 0 Å². The number of carbonyl (C=O) groups excluding carboxylic acids is 1. The number of nitrogens with zero attached hydrogens (tertiary/aromatic N) is 2. The lowest BCUT2D eigenvalue weighted by molar-refractivity contribution is -0.116. The quantitative estimate of drug-likeness (QED) is 0.818. The molecule has 2 N–H and O–H groups in total. The van der Waals surface area contributed by atoms with Crippen molar-refractivity contribution in [2.45, 2.75) is 26.7 Å². The molecular formula is C19H23ClN4O3. The Labute approximate surface area is 162 Å². The Morgan fingerprint density at radius 2 is 2.07 bits per heavy atom. The van der Waals surface area contributed by atoms with Gasteiger partial charge in [0.15, 0.2) is 0 Å². The molecule has 1 aromatic carbocycles. The van der Waals surface area contributed by atoms with E-state index in [4.69, 9.17) is 16.3 Å². The van der Waals surface area contributed by atoms with Gasteiger partial charge in [0.05, 0.1) is 13.2 Å². The molecule has 27 heavy (non-hydrogen) atoms. The van der Waals surface area contributed by atoms with Gasteiger partial charge in [-0.25, -0.2) is 4.98 Å². The topological polar surface area (TPSA) is 87.3 Å². The summed E-state index contributed by atoms with van der Waals surface area (Å²) in [7, 11) is 0. The number of amides is 1. The van der Waals surface area contributed by atoms with Crippen molar-refractivity contribution in [3.63, 3.8) is 0 Å². The molecule has 1 aromatic heterocycles. The van der Waals surface area contributed by atoms with Crippen LogP contribution in [-0.4, -0.2) is 42.2 Å². The molecule has 0 radical (unpaired) electrons. The molecule has 0 atom stereocenters. The zero-order valence-corrected chi connectivity index (χ0v) is 16.2. The van der Waals surface area contributed by atoms with Crippen LogP contribution in [0.4, 0.5) is 11.6 Å². The number of halogens is 1. The number of hydrogen-bond acceptors (Lipinski definition) is 5. The van der Waals surface area contributed by atoms with Crippen molar-refractivity contribution >= 4 is 29.1 Å². The molecule has 0 saturated carbocycles. The number of anilines is 2. The van der Waals surface area contributed by atoms with Crippen molar-refractivity contribution in [1.82, 2.24) is 9.97 Å². The van der Waals surface area contributed by atoms with Gasteiger partial charge in [-0.3, -0.25) is 14.6 Å². The Bertz CT molecular complexity index is 891. The minimum absolute atomic E-state index is 0.170. The summed E-state index contributed by atoms with van der Waals surface area (Å²) in [6.07, 6.45) is 0.511. The van der Waals surface area contributed by atoms with Crippen LogP contribution in [0.25, 0.3) is 0 Å². The molecule has 2 aromatic rings. The molecule has 7 nitrogen and oxygen atoms in total. The van der Waals surface area contributed by atoms with Crippen molar-refractivity contribution in [2.24, 2.45) is 0 Å². The molecule has 1 aliphatic heterocycles. The van der Waals surface area contributed by atoms with E-state index in [9.17, 15) is 9.59 Å². The molecule has 8 heteroatoms. The maximum absolute atomic E-state index is 12.5. The number of aryl methyl sites for hydroxylation is 2. The summed E-state index contributed by atoms with van der Waals surface area (Å²) in [6, 6.07) is 5.34. The molecule has 1 saturated heterocycles. The highest BCUT2D eigenvalue weighted by molar-refractivity contribution is 6.31. The first-order valence-electron chi connectivity index (χ1n) is 8.92. The summed E-state index contributed by atoms with van der Waals surface area (Å²) in [5, 5.41) is 3.41. The van der Waals surface area contributed by atoms with Crippen molar-refractivity contribution in [3.05, 3.63) is 50.4 Å². The second kappa shape index (κ2) is 8.54. The highest BCUT2D eigenvalue weighted by Gasteiger charge is 2.17. The van der Waals surface area contributed by atoms with Crippen molar-refractivity contribution in [3.8, 4) is 0 Å². The monoisotopic (exact) mass is 390 g/mol. The fourth-order valence-corrected chi connectivity index (χ4v) is 3.17. The molecule has 0 bridgehead atoms. The van der Waals surface area contributed by atoms with Gasteiger partial charge >= 0.3 is 0 Å². The normalized spacial score (nSPS) is 14.3. The first kappa shape index (κ1) is 19.4. The highest BCUT2D eigenvalue weighted by Crippen LogP contribution is 2.20. The minimum atomic E-state index is -0.198.